The van der Waals surface area contributed by atoms with E-state index in [-0.39, 0.29) is 5.75 Å². The van der Waals surface area contributed by atoms with Crippen molar-refractivity contribution in [3.8, 4) is 0 Å². The SMILES string of the molecule is CCS(=O)(=O)N1CCc2[nH]c3cc(Cl)ccc3c2C1. The molecule has 1 aliphatic rings. The molecule has 3 rings (SSSR count). The second kappa shape index (κ2) is 4.51. The molecule has 6 heteroatoms. The topological polar surface area (TPSA) is 53.2 Å². The summed E-state index contributed by atoms with van der Waals surface area (Å²) in [6, 6.07) is 5.67. The highest BCUT2D eigenvalue weighted by atomic mass is 35.5. The highest BCUT2D eigenvalue weighted by Crippen LogP contribution is 2.30. The number of nitrogens with zero attached hydrogens (tertiary/aromatic N) is 1. The summed E-state index contributed by atoms with van der Waals surface area (Å²) in [6.07, 6.45) is 0.723. The van der Waals surface area contributed by atoms with Gasteiger partial charge in [-0.2, -0.15) is 4.31 Å². The van der Waals surface area contributed by atoms with Crippen LogP contribution in [0.25, 0.3) is 10.9 Å². The molecular formula is C13H15ClN2O2S. The van der Waals surface area contributed by atoms with E-state index in [9.17, 15) is 8.42 Å². The lowest BCUT2D eigenvalue weighted by Crippen LogP contribution is -2.36. The maximum absolute atomic E-state index is 12.0. The van der Waals surface area contributed by atoms with Gasteiger partial charge in [-0.15, -0.1) is 0 Å². The van der Waals surface area contributed by atoms with Gasteiger partial charge in [0.05, 0.1) is 5.75 Å². The number of aromatic nitrogens is 1. The molecule has 4 nitrogen and oxygen atoms in total. The van der Waals surface area contributed by atoms with E-state index < -0.39 is 10.0 Å². The van der Waals surface area contributed by atoms with Gasteiger partial charge in [-0.1, -0.05) is 17.7 Å². The number of aromatic amines is 1. The highest BCUT2D eigenvalue weighted by Gasteiger charge is 2.27. The number of rotatable bonds is 2. The molecule has 2 aromatic rings. The number of benzene rings is 1. The molecule has 0 saturated heterocycles. The van der Waals surface area contributed by atoms with Crippen molar-refractivity contribution in [2.45, 2.75) is 19.9 Å². The largest absolute Gasteiger partial charge is 0.358 e. The summed E-state index contributed by atoms with van der Waals surface area (Å²) in [6.45, 7) is 2.68. The fraction of sp³-hybridized carbons (Fsp3) is 0.385. The third kappa shape index (κ3) is 2.16. The average Bonchev–Trinajstić information content (AvgIpc) is 2.74. The molecule has 0 unspecified atom stereocenters. The third-order valence-electron chi connectivity index (χ3n) is 3.66. The number of nitrogens with one attached hydrogen (secondary N) is 1. The molecule has 0 spiro atoms. The van der Waals surface area contributed by atoms with Crippen LogP contribution < -0.4 is 0 Å². The predicted octanol–water partition coefficient (Wildman–Crippen LogP) is 2.53. The first-order valence-electron chi connectivity index (χ1n) is 6.28. The molecule has 2 heterocycles. The van der Waals surface area contributed by atoms with E-state index in [2.05, 4.69) is 4.98 Å². The minimum Gasteiger partial charge on any atom is -0.358 e. The Kier molecular flexibility index (Phi) is 3.08. The monoisotopic (exact) mass is 298 g/mol. The molecule has 1 aromatic carbocycles. The Morgan fingerprint density at radius 1 is 1.42 bits per heavy atom. The zero-order valence-corrected chi connectivity index (χ0v) is 12.2. The van der Waals surface area contributed by atoms with Crippen molar-refractivity contribution in [1.29, 1.82) is 0 Å². The molecule has 0 radical (unpaired) electrons. The van der Waals surface area contributed by atoms with Crippen LogP contribution in [-0.2, 0) is 23.0 Å². The van der Waals surface area contributed by atoms with Gasteiger partial charge in [0.1, 0.15) is 0 Å². The molecule has 0 aliphatic carbocycles. The Morgan fingerprint density at radius 2 is 2.21 bits per heavy atom. The quantitative estimate of drug-likeness (QED) is 0.926. The first-order valence-corrected chi connectivity index (χ1v) is 8.27. The number of fused-ring (bicyclic) bond motifs is 3. The van der Waals surface area contributed by atoms with Gasteiger partial charge < -0.3 is 4.98 Å². The Bertz CT molecular complexity index is 736. The Morgan fingerprint density at radius 3 is 2.95 bits per heavy atom. The van der Waals surface area contributed by atoms with Crippen molar-refractivity contribution in [3.05, 3.63) is 34.5 Å². The maximum atomic E-state index is 12.0. The summed E-state index contributed by atoms with van der Waals surface area (Å²) in [5.74, 6) is 0.149. The van der Waals surface area contributed by atoms with E-state index in [1.807, 2.05) is 18.2 Å². The summed E-state index contributed by atoms with van der Waals surface area (Å²) < 4.78 is 25.5. The van der Waals surface area contributed by atoms with Gasteiger partial charge >= 0.3 is 0 Å². The van der Waals surface area contributed by atoms with Crippen molar-refractivity contribution in [2.75, 3.05) is 12.3 Å². The number of halogens is 1. The molecule has 1 aliphatic heterocycles. The van der Waals surface area contributed by atoms with Gasteiger partial charge in [0.25, 0.3) is 0 Å². The fourth-order valence-electron chi connectivity index (χ4n) is 2.59. The summed E-state index contributed by atoms with van der Waals surface area (Å²) in [4.78, 5) is 3.34. The van der Waals surface area contributed by atoms with Crippen LogP contribution in [0.15, 0.2) is 18.2 Å². The van der Waals surface area contributed by atoms with Gasteiger partial charge in [0, 0.05) is 41.1 Å². The first kappa shape index (κ1) is 13.0. The van der Waals surface area contributed by atoms with Crippen LogP contribution in [0.4, 0.5) is 0 Å². The molecule has 1 N–H and O–H groups in total. The molecule has 0 fully saturated rings. The summed E-state index contributed by atoms with van der Waals surface area (Å²) in [5.41, 5.74) is 3.18. The van der Waals surface area contributed by atoms with Crippen molar-refractivity contribution >= 4 is 32.5 Å². The Labute approximate surface area is 117 Å². The molecule has 1 aromatic heterocycles. The summed E-state index contributed by atoms with van der Waals surface area (Å²) in [7, 11) is -3.13. The van der Waals surface area contributed by atoms with Crippen LogP contribution in [0.1, 0.15) is 18.2 Å². The number of H-pyrrole nitrogens is 1. The van der Waals surface area contributed by atoms with E-state index >= 15 is 0 Å². The maximum Gasteiger partial charge on any atom is 0.214 e. The van der Waals surface area contributed by atoms with Gasteiger partial charge in [0.2, 0.25) is 10.0 Å². The molecule has 0 atom stereocenters. The number of sulfonamides is 1. The van der Waals surface area contributed by atoms with Crippen LogP contribution in [0.3, 0.4) is 0 Å². The molecule has 0 saturated carbocycles. The minimum absolute atomic E-state index is 0.149. The second-order valence-electron chi connectivity index (χ2n) is 4.76. The first-order chi connectivity index (χ1) is 9.01. The Hall–Kier alpha value is -1.04. The lowest BCUT2D eigenvalue weighted by molar-refractivity contribution is 0.392. The standard InChI is InChI=1S/C13H15ClN2O2S/c1-2-19(17,18)16-6-5-12-11(8-16)10-4-3-9(14)7-13(10)15-12/h3-4,7,15H,2,5-6,8H2,1H3. The number of hydrogen-bond donors (Lipinski definition) is 1. The molecule has 0 amide bonds. The van der Waals surface area contributed by atoms with E-state index in [1.54, 1.807) is 11.2 Å². The minimum atomic E-state index is -3.13. The van der Waals surface area contributed by atoms with E-state index in [4.69, 9.17) is 11.6 Å². The molecular weight excluding hydrogens is 284 g/mol. The van der Waals surface area contributed by atoms with Crippen LogP contribution in [-0.4, -0.2) is 30.0 Å². The lowest BCUT2D eigenvalue weighted by Gasteiger charge is -2.25. The second-order valence-corrected chi connectivity index (χ2v) is 7.45. The van der Waals surface area contributed by atoms with Gasteiger partial charge in [-0.3, -0.25) is 0 Å². The zero-order chi connectivity index (χ0) is 13.6. The van der Waals surface area contributed by atoms with Crippen LogP contribution in [0.2, 0.25) is 5.02 Å². The van der Waals surface area contributed by atoms with E-state index in [1.165, 1.54) is 0 Å². The van der Waals surface area contributed by atoms with Crippen molar-refractivity contribution < 1.29 is 8.42 Å². The smallest absolute Gasteiger partial charge is 0.214 e. The van der Waals surface area contributed by atoms with Crippen molar-refractivity contribution in [3.63, 3.8) is 0 Å². The molecule has 0 bridgehead atoms. The fourth-order valence-corrected chi connectivity index (χ4v) is 3.82. The Balaban J connectivity index is 2.07. The molecule has 102 valence electrons. The van der Waals surface area contributed by atoms with Gasteiger partial charge in [0.15, 0.2) is 0 Å². The number of hydrogen-bond acceptors (Lipinski definition) is 2. The van der Waals surface area contributed by atoms with Crippen LogP contribution >= 0.6 is 11.6 Å². The van der Waals surface area contributed by atoms with Crippen molar-refractivity contribution in [1.82, 2.24) is 9.29 Å². The van der Waals surface area contributed by atoms with E-state index in [0.29, 0.717) is 18.1 Å². The third-order valence-corrected chi connectivity index (χ3v) is 5.72. The van der Waals surface area contributed by atoms with Crippen LogP contribution in [0.5, 0.6) is 0 Å². The predicted molar refractivity (Wildman–Crippen MR) is 76.9 cm³/mol. The van der Waals surface area contributed by atoms with E-state index in [0.717, 1.165) is 28.6 Å². The van der Waals surface area contributed by atoms with Gasteiger partial charge in [-0.25, -0.2) is 8.42 Å². The molecule has 19 heavy (non-hydrogen) atoms. The normalized spacial score (nSPS) is 16.7. The zero-order valence-electron chi connectivity index (χ0n) is 10.6. The summed E-state index contributed by atoms with van der Waals surface area (Å²) >= 11 is 5.98. The van der Waals surface area contributed by atoms with Gasteiger partial charge in [-0.05, 0) is 24.6 Å². The summed E-state index contributed by atoms with van der Waals surface area (Å²) in [5, 5.41) is 1.75. The van der Waals surface area contributed by atoms with Crippen molar-refractivity contribution in [2.24, 2.45) is 0 Å². The van der Waals surface area contributed by atoms with Crippen LogP contribution in [0, 0.1) is 0 Å². The average molecular weight is 299 g/mol. The highest BCUT2D eigenvalue weighted by molar-refractivity contribution is 7.89. The lowest BCUT2D eigenvalue weighted by atomic mass is 10.1.